The molecule has 2 rings (SSSR count). The van der Waals surface area contributed by atoms with Crippen molar-refractivity contribution in [3.63, 3.8) is 0 Å². The van der Waals surface area contributed by atoms with Crippen molar-refractivity contribution in [2.24, 2.45) is 0 Å². The SMILES string of the molecule is CSc1ccccc1NCC(O)COCc1ccco1. The van der Waals surface area contributed by atoms with E-state index in [1.54, 1.807) is 18.0 Å². The lowest BCUT2D eigenvalue weighted by Gasteiger charge is -2.14. The molecular formula is C15H19NO3S. The molecule has 1 heterocycles. The van der Waals surface area contributed by atoms with Crippen LogP contribution in [0.15, 0.2) is 52.0 Å². The van der Waals surface area contributed by atoms with Crippen molar-refractivity contribution in [1.29, 1.82) is 0 Å². The van der Waals surface area contributed by atoms with E-state index in [1.165, 1.54) is 0 Å². The number of anilines is 1. The molecule has 0 radical (unpaired) electrons. The van der Waals surface area contributed by atoms with Gasteiger partial charge < -0.3 is 19.6 Å². The van der Waals surface area contributed by atoms with Crippen molar-refractivity contribution < 1.29 is 14.3 Å². The number of para-hydroxylation sites is 1. The molecule has 0 bridgehead atoms. The van der Waals surface area contributed by atoms with Crippen molar-refractivity contribution in [2.75, 3.05) is 24.7 Å². The van der Waals surface area contributed by atoms with Crippen LogP contribution in [0.25, 0.3) is 0 Å². The molecule has 108 valence electrons. The van der Waals surface area contributed by atoms with Crippen LogP contribution in [0.5, 0.6) is 0 Å². The fraction of sp³-hybridized carbons (Fsp3) is 0.333. The number of nitrogens with one attached hydrogen (secondary N) is 1. The molecule has 0 spiro atoms. The van der Waals surface area contributed by atoms with Gasteiger partial charge in [-0.05, 0) is 30.5 Å². The average molecular weight is 293 g/mol. The number of thioether (sulfide) groups is 1. The van der Waals surface area contributed by atoms with Gasteiger partial charge in [-0.3, -0.25) is 0 Å². The summed E-state index contributed by atoms with van der Waals surface area (Å²) in [4.78, 5) is 1.16. The Morgan fingerprint density at radius 1 is 1.30 bits per heavy atom. The van der Waals surface area contributed by atoms with Gasteiger partial charge in [0.1, 0.15) is 12.4 Å². The maximum absolute atomic E-state index is 9.88. The smallest absolute Gasteiger partial charge is 0.129 e. The lowest BCUT2D eigenvalue weighted by atomic mass is 10.3. The Morgan fingerprint density at radius 3 is 2.90 bits per heavy atom. The third-order valence-corrected chi connectivity index (χ3v) is 3.57. The monoisotopic (exact) mass is 293 g/mol. The first kappa shape index (κ1) is 15.0. The van der Waals surface area contributed by atoms with Crippen LogP contribution in [-0.4, -0.2) is 30.6 Å². The molecule has 4 nitrogen and oxygen atoms in total. The zero-order chi connectivity index (χ0) is 14.2. The number of ether oxygens (including phenoxy) is 1. The van der Waals surface area contributed by atoms with Crippen molar-refractivity contribution >= 4 is 17.4 Å². The fourth-order valence-corrected chi connectivity index (χ4v) is 2.34. The predicted octanol–water partition coefficient (Wildman–Crippen LogP) is 2.99. The summed E-state index contributed by atoms with van der Waals surface area (Å²) >= 11 is 1.68. The van der Waals surface area contributed by atoms with Gasteiger partial charge in [0.25, 0.3) is 0 Å². The van der Waals surface area contributed by atoms with Crippen LogP contribution < -0.4 is 5.32 Å². The summed E-state index contributed by atoms with van der Waals surface area (Å²) in [6, 6.07) is 11.7. The topological polar surface area (TPSA) is 54.6 Å². The second-order valence-electron chi connectivity index (χ2n) is 4.33. The third kappa shape index (κ3) is 4.59. The van der Waals surface area contributed by atoms with Crippen LogP contribution in [0.2, 0.25) is 0 Å². The zero-order valence-electron chi connectivity index (χ0n) is 11.4. The molecule has 0 saturated carbocycles. The minimum atomic E-state index is -0.556. The fourth-order valence-electron chi connectivity index (χ4n) is 1.77. The van der Waals surface area contributed by atoms with E-state index in [2.05, 4.69) is 5.32 Å². The third-order valence-electron chi connectivity index (χ3n) is 2.77. The van der Waals surface area contributed by atoms with Gasteiger partial charge in [-0.1, -0.05) is 12.1 Å². The maximum atomic E-state index is 9.88. The number of benzene rings is 1. The van der Waals surface area contributed by atoms with Crippen LogP contribution in [-0.2, 0) is 11.3 Å². The summed E-state index contributed by atoms with van der Waals surface area (Å²) in [5.41, 5.74) is 1.03. The highest BCUT2D eigenvalue weighted by Crippen LogP contribution is 2.24. The van der Waals surface area contributed by atoms with E-state index in [0.717, 1.165) is 16.3 Å². The standard InChI is InChI=1S/C15H19NO3S/c1-20-15-7-3-2-6-14(15)16-9-12(17)10-18-11-13-5-4-8-19-13/h2-8,12,16-17H,9-11H2,1H3. The maximum Gasteiger partial charge on any atom is 0.129 e. The Morgan fingerprint density at radius 2 is 2.15 bits per heavy atom. The van der Waals surface area contributed by atoms with Gasteiger partial charge in [-0.15, -0.1) is 11.8 Å². The molecule has 2 aromatic rings. The summed E-state index contributed by atoms with van der Waals surface area (Å²) in [6.45, 7) is 1.11. The minimum absolute atomic E-state index is 0.273. The van der Waals surface area contributed by atoms with E-state index < -0.39 is 6.10 Å². The first-order chi connectivity index (χ1) is 9.79. The van der Waals surface area contributed by atoms with Gasteiger partial charge in [-0.25, -0.2) is 0 Å². The highest BCUT2D eigenvalue weighted by Gasteiger charge is 2.07. The van der Waals surface area contributed by atoms with Crippen LogP contribution in [0.3, 0.4) is 0 Å². The summed E-state index contributed by atoms with van der Waals surface area (Å²) in [6.07, 6.45) is 3.08. The first-order valence-electron chi connectivity index (χ1n) is 6.44. The number of hydrogen-bond acceptors (Lipinski definition) is 5. The van der Waals surface area contributed by atoms with Gasteiger partial charge in [0.15, 0.2) is 0 Å². The lowest BCUT2D eigenvalue weighted by Crippen LogP contribution is -2.24. The molecule has 0 aliphatic heterocycles. The summed E-state index contributed by atoms with van der Waals surface area (Å²) in [7, 11) is 0. The molecule has 0 aliphatic rings. The van der Waals surface area contributed by atoms with Crippen LogP contribution in [0, 0.1) is 0 Å². The van der Waals surface area contributed by atoms with Gasteiger partial charge >= 0.3 is 0 Å². The number of aliphatic hydroxyl groups is 1. The molecule has 0 saturated heterocycles. The Labute approximate surface area is 123 Å². The quantitative estimate of drug-likeness (QED) is 0.733. The van der Waals surface area contributed by atoms with Gasteiger partial charge in [0.05, 0.1) is 19.0 Å². The summed E-state index contributed by atoms with van der Waals surface area (Å²) in [5.74, 6) is 0.762. The Kier molecular flexibility index (Phi) is 5.98. The normalized spacial score (nSPS) is 12.3. The number of furan rings is 1. The highest BCUT2D eigenvalue weighted by molar-refractivity contribution is 7.98. The van der Waals surface area contributed by atoms with Gasteiger partial charge in [-0.2, -0.15) is 0 Å². The molecular weight excluding hydrogens is 274 g/mol. The van der Waals surface area contributed by atoms with Crippen molar-refractivity contribution in [2.45, 2.75) is 17.6 Å². The van der Waals surface area contributed by atoms with E-state index in [-0.39, 0.29) is 6.61 Å². The van der Waals surface area contributed by atoms with Gasteiger partial charge in [0.2, 0.25) is 0 Å². The molecule has 0 aliphatic carbocycles. The molecule has 2 N–H and O–H groups in total. The summed E-state index contributed by atoms with van der Waals surface area (Å²) in [5, 5.41) is 13.1. The van der Waals surface area contributed by atoms with Crippen LogP contribution >= 0.6 is 11.8 Å². The minimum Gasteiger partial charge on any atom is -0.467 e. The molecule has 1 aromatic carbocycles. The largest absolute Gasteiger partial charge is 0.467 e. The highest BCUT2D eigenvalue weighted by atomic mass is 32.2. The Balaban J connectivity index is 1.70. The molecule has 1 atom stereocenters. The molecule has 1 aromatic heterocycles. The van der Waals surface area contributed by atoms with Crippen LogP contribution in [0.1, 0.15) is 5.76 Å². The lowest BCUT2D eigenvalue weighted by molar-refractivity contribution is 0.0282. The number of hydrogen-bond donors (Lipinski definition) is 2. The Bertz CT molecular complexity index is 502. The number of aliphatic hydroxyl groups excluding tert-OH is 1. The second-order valence-corrected chi connectivity index (χ2v) is 5.18. The zero-order valence-corrected chi connectivity index (χ0v) is 12.2. The Hall–Kier alpha value is -1.43. The van der Waals surface area contributed by atoms with E-state index in [1.807, 2.05) is 42.7 Å². The van der Waals surface area contributed by atoms with Crippen molar-refractivity contribution in [1.82, 2.24) is 0 Å². The van der Waals surface area contributed by atoms with E-state index >= 15 is 0 Å². The molecule has 1 unspecified atom stereocenters. The second kappa shape index (κ2) is 7.99. The average Bonchev–Trinajstić information content (AvgIpc) is 2.98. The molecule has 0 amide bonds. The predicted molar refractivity (Wildman–Crippen MR) is 81.1 cm³/mol. The molecule has 20 heavy (non-hydrogen) atoms. The first-order valence-corrected chi connectivity index (χ1v) is 7.67. The number of rotatable bonds is 8. The van der Waals surface area contributed by atoms with E-state index in [4.69, 9.17) is 9.15 Å². The molecule has 5 heteroatoms. The van der Waals surface area contributed by atoms with Crippen molar-refractivity contribution in [3.8, 4) is 0 Å². The van der Waals surface area contributed by atoms with E-state index in [9.17, 15) is 5.11 Å². The van der Waals surface area contributed by atoms with E-state index in [0.29, 0.717) is 13.2 Å². The van der Waals surface area contributed by atoms with Crippen molar-refractivity contribution in [3.05, 3.63) is 48.4 Å². The summed E-state index contributed by atoms with van der Waals surface area (Å²) < 4.78 is 10.5. The van der Waals surface area contributed by atoms with Crippen LogP contribution in [0.4, 0.5) is 5.69 Å². The molecule has 0 fully saturated rings. The van der Waals surface area contributed by atoms with Gasteiger partial charge in [0, 0.05) is 17.1 Å².